The Bertz CT molecular complexity index is 352. The summed E-state index contributed by atoms with van der Waals surface area (Å²) in [5.74, 6) is 1.77. The standard InChI is InChI=1S/C15H24BrNO/c1-12(2)6-4-5-9-17-11-13-10-14(16)7-8-15(13)18-3/h7-8,10,12,17H,4-6,9,11H2,1-3H3. The van der Waals surface area contributed by atoms with Crippen molar-refractivity contribution in [3.8, 4) is 5.75 Å². The molecule has 1 aromatic carbocycles. The van der Waals surface area contributed by atoms with Crippen LogP contribution in [-0.2, 0) is 6.54 Å². The summed E-state index contributed by atoms with van der Waals surface area (Å²) in [4.78, 5) is 0. The maximum atomic E-state index is 5.35. The first-order valence-corrected chi connectivity index (χ1v) is 7.46. The van der Waals surface area contributed by atoms with Gasteiger partial charge in [-0.2, -0.15) is 0 Å². The van der Waals surface area contributed by atoms with E-state index >= 15 is 0 Å². The second-order valence-electron chi connectivity index (χ2n) is 5.02. The Hall–Kier alpha value is -0.540. The van der Waals surface area contributed by atoms with Gasteiger partial charge in [-0.3, -0.25) is 0 Å². The number of halogens is 1. The molecule has 0 atom stereocenters. The van der Waals surface area contributed by atoms with Crippen molar-refractivity contribution >= 4 is 15.9 Å². The van der Waals surface area contributed by atoms with Gasteiger partial charge in [0.05, 0.1) is 7.11 Å². The zero-order valence-corrected chi connectivity index (χ0v) is 13.2. The molecule has 0 aromatic heterocycles. The Morgan fingerprint density at radius 3 is 2.72 bits per heavy atom. The van der Waals surface area contributed by atoms with Crippen molar-refractivity contribution in [2.24, 2.45) is 5.92 Å². The minimum atomic E-state index is 0.815. The van der Waals surface area contributed by atoms with Crippen molar-refractivity contribution in [3.63, 3.8) is 0 Å². The second-order valence-corrected chi connectivity index (χ2v) is 5.94. The van der Waals surface area contributed by atoms with Crippen molar-refractivity contribution < 1.29 is 4.74 Å². The first-order chi connectivity index (χ1) is 8.63. The molecule has 102 valence electrons. The lowest BCUT2D eigenvalue weighted by Gasteiger charge is -2.10. The summed E-state index contributed by atoms with van der Waals surface area (Å²) in [6, 6.07) is 6.12. The van der Waals surface area contributed by atoms with Gasteiger partial charge in [0.25, 0.3) is 0 Å². The van der Waals surface area contributed by atoms with Crippen LogP contribution < -0.4 is 10.1 Å². The second kappa shape index (κ2) is 8.54. The molecular formula is C15H24BrNO. The molecule has 0 fully saturated rings. The van der Waals surface area contributed by atoms with Crippen molar-refractivity contribution in [1.29, 1.82) is 0 Å². The summed E-state index contributed by atoms with van der Waals surface area (Å²) in [5.41, 5.74) is 1.20. The molecule has 0 aliphatic rings. The highest BCUT2D eigenvalue weighted by Gasteiger charge is 2.03. The molecule has 1 rings (SSSR count). The van der Waals surface area contributed by atoms with Gasteiger partial charge in [0, 0.05) is 16.6 Å². The third-order valence-electron chi connectivity index (χ3n) is 2.94. The van der Waals surface area contributed by atoms with Gasteiger partial charge < -0.3 is 10.1 Å². The lowest BCUT2D eigenvalue weighted by atomic mass is 10.1. The molecule has 1 aromatic rings. The lowest BCUT2D eigenvalue weighted by molar-refractivity contribution is 0.407. The topological polar surface area (TPSA) is 21.3 Å². The summed E-state index contributed by atoms with van der Waals surface area (Å²) < 4.78 is 6.45. The largest absolute Gasteiger partial charge is 0.496 e. The summed E-state index contributed by atoms with van der Waals surface area (Å²) in [5, 5.41) is 3.48. The van der Waals surface area contributed by atoms with Crippen LogP contribution in [0.2, 0.25) is 0 Å². The van der Waals surface area contributed by atoms with Crippen molar-refractivity contribution in [2.75, 3.05) is 13.7 Å². The van der Waals surface area contributed by atoms with Gasteiger partial charge in [0.15, 0.2) is 0 Å². The van der Waals surface area contributed by atoms with Crippen LogP contribution in [0.5, 0.6) is 5.75 Å². The number of ether oxygens (including phenoxy) is 1. The molecule has 2 nitrogen and oxygen atoms in total. The fraction of sp³-hybridized carbons (Fsp3) is 0.600. The maximum absolute atomic E-state index is 5.35. The highest BCUT2D eigenvalue weighted by molar-refractivity contribution is 9.10. The van der Waals surface area contributed by atoms with E-state index in [9.17, 15) is 0 Å². The SMILES string of the molecule is COc1ccc(Br)cc1CNCCCCC(C)C. The van der Waals surface area contributed by atoms with Gasteiger partial charge in [-0.05, 0) is 37.1 Å². The van der Waals surface area contributed by atoms with E-state index in [1.165, 1.54) is 24.8 Å². The number of hydrogen-bond donors (Lipinski definition) is 1. The van der Waals surface area contributed by atoms with Crippen LogP contribution in [0.25, 0.3) is 0 Å². The molecule has 3 heteroatoms. The van der Waals surface area contributed by atoms with E-state index in [1.54, 1.807) is 7.11 Å². The molecule has 0 radical (unpaired) electrons. The van der Waals surface area contributed by atoms with Crippen LogP contribution in [0.15, 0.2) is 22.7 Å². The predicted molar refractivity (Wildman–Crippen MR) is 81.1 cm³/mol. The molecule has 0 amide bonds. The highest BCUT2D eigenvalue weighted by Crippen LogP contribution is 2.22. The van der Waals surface area contributed by atoms with Crippen LogP contribution in [-0.4, -0.2) is 13.7 Å². The van der Waals surface area contributed by atoms with Gasteiger partial charge in [-0.15, -0.1) is 0 Å². The molecule has 1 N–H and O–H groups in total. The Balaban J connectivity index is 2.28. The molecular weight excluding hydrogens is 290 g/mol. The smallest absolute Gasteiger partial charge is 0.123 e. The molecule has 0 heterocycles. The number of rotatable bonds is 8. The minimum Gasteiger partial charge on any atom is -0.496 e. The van der Waals surface area contributed by atoms with Gasteiger partial charge in [0.2, 0.25) is 0 Å². The van der Waals surface area contributed by atoms with Gasteiger partial charge >= 0.3 is 0 Å². The Morgan fingerprint density at radius 1 is 1.28 bits per heavy atom. The van der Waals surface area contributed by atoms with Crippen LogP contribution in [0.4, 0.5) is 0 Å². The minimum absolute atomic E-state index is 0.815. The van der Waals surface area contributed by atoms with Crippen LogP contribution >= 0.6 is 15.9 Å². The number of hydrogen-bond acceptors (Lipinski definition) is 2. The predicted octanol–water partition coefficient (Wildman–Crippen LogP) is 4.37. The summed E-state index contributed by atoms with van der Waals surface area (Å²) in [6.45, 7) is 6.49. The van der Waals surface area contributed by atoms with Gasteiger partial charge in [-0.25, -0.2) is 0 Å². The fourth-order valence-corrected chi connectivity index (χ4v) is 2.32. The molecule has 0 saturated carbocycles. The van der Waals surface area contributed by atoms with E-state index < -0.39 is 0 Å². The zero-order chi connectivity index (χ0) is 13.4. The summed E-state index contributed by atoms with van der Waals surface area (Å²) >= 11 is 3.49. The molecule has 0 bridgehead atoms. The van der Waals surface area contributed by atoms with Crippen LogP contribution in [0, 0.1) is 5.92 Å². The van der Waals surface area contributed by atoms with E-state index in [0.717, 1.165) is 29.2 Å². The fourth-order valence-electron chi connectivity index (χ4n) is 1.91. The average Bonchev–Trinajstić information content (AvgIpc) is 2.33. The first kappa shape index (κ1) is 15.5. The maximum Gasteiger partial charge on any atom is 0.123 e. The van der Waals surface area contributed by atoms with Crippen LogP contribution in [0.1, 0.15) is 38.7 Å². The van der Waals surface area contributed by atoms with Gasteiger partial charge in [0.1, 0.15) is 5.75 Å². The van der Waals surface area contributed by atoms with Gasteiger partial charge in [-0.1, -0.05) is 42.6 Å². The van der Waals surface area contributed by atoms with E-state index in [1.807, 2.05) is 12.1 Å². The Morgan fingerprint density at radius 2 is 2.06 bits per heavy atom. The van der Waals surface area contributed by atoms with E-state index in [0.29, 0.717) is 0 Å². The molecule has 0 aliphatic heterocycles. The lowest BCUT2D eigenvalue weighted by Crippen LogP contribution is -2.15. The quantitative estimate of drug-likeness (QED) is 0.719. The summed E-state index contributed by atoms with van der Waals surface area (Å²) in [6.07, 6.45) is 3.87. The monoisotopic (exact) mass is 313 g/mol. The number of methoxy groups -OCH3 is 1. The average molecular weight is 314 g/mol. The van der Waals surface area contributed by atoms with E-state index in [-0.39, 0.29) is 0 Å². The third kappa shape index (κ3) is 5.87. The number of benzene rings is 1. The highest BCUT2D eigenvalue weighted by atomic mass is 79.9. The zero-order valence-electron chi connectivity index (χ0n) is 11.6. The molecule has 18 heavy (non-hydrogen) atoms. The third-order valence-corrected chi connectivity index (χ3v) is 3.44. The number of nitrogens with one attached hydrogen (secondary N) is 1. The Labute approximate surface area is 119 Å². The molecule has 0 aliphatic carbocycles. The molecule has 0 saturated heterocycles. The van der Waals surface area contributed by atoms with Crippen molar-refractivity contribution in [2.45, 2.75) is 39.7 Å². The molecule has 0 spiro atoms. The van der Waals surface area contributed by atoms with Crippen molar-refractivity contribution in [1.82, 2.24) is 5.32 Å². The van der Waals surface area contributed by atoms with Crippen LogP contribution in [0.3, 0.4) is 0 Å². The van der Waals surface area contributed by atoms with E-state index in [4.69, 9.17) is 4.74 Å². The Kier molecular flexibility index (Phi) is 7.36. The van der Waals surface area contributed by atoms with E-state index in [2.05, 4.69) is 41.2 Å². The van der Waals surface area contributed by atoms with Crippen molar-refractivity contribution in [3.05, 3.63) is 28.2 Å². The normalized spacial score (nSPS) is 10.9. The number of unbranched alkanes of at least 4 members (excludes halogenated alkanes) is 1. The summed E-state index contributed by atoms with van der Waals surface area (Å²) in [7, 11) is 1.72. The first-order valence-electron chi connectivity index (χ1n) is 6.66. The molecule has 0 unspecified atom stereocenters.